The molecule has 2 fully saturated rings. The monoisotopic (exact) mass is 455 g/mol. The van der Waals surface area contributed by atoms with E-state index in [0.29, 0.717) is 6.04 Å². The van der Waals surface area contributed by atoms with E-state index >= 15 is 0 Å². The topological polar surface area (TPSA) is 57.3 Å². The molecule has 0 aliphatic carbocycles. The molecule has 3 aromatic rings. The molecule has 168 valence electrons. The fraction of sp³-hybridized carbons (Fsp3) is 0.407. The molecule has 2 saturated heterocycles. The minimum Gasteiger partial charge on any atom is -0.369 e. The molecule has 2 aliphatic rings. The fourth-order valence-electron chi connectivity index (χ4n) is 5.21. The Morgan fingerprint density at radius 2 is 1.61 bits per heavy atom. The first-order chi connectivity index (χ1) is 16.2. The number of thiophene rings is 1. The number of benzene rings is 2. The lowest BCUT2D eigenvalue weighted by atomic mass is 10.0. The van der Waals surface area contributed by atoms with E-state index in [1.165, 1.54) is 47.3 Å². The molecule has 1 aromatic heterocycles. The van der Waals surface area contributed by atoms with Gasteiger partial charge in [-0.3, -0.25) is 9.80 Å². The van der Waals surface area contributed by atoms with E-state index in [2.05, 4.69) is 57.2 Å². The maximum Gasteiger partial charge on any atom is 0.110 e. The van der Waals surface area contributed by atoms with Gasteiger partial charge < -0.3 is 4.90 Å². The van der Waals surface area contributed by atoms with Crippen LogP contribution in [0.25, 0.3) is 10.1 Å². The smallest absolute Gasteiger partial charge is 0.110 e. The van der Waals surface area contributed by atoms with Crippen molar-refractivity contribution in [1.82, 2.24) is 9.80 Å². The predicted octanol–water partition coefficient (Wildman–Crippen LogP) is 4.99. The zero-order valence-corrected chi connectivity index (χ0v) is 19.7. The number of nitriles is 2. The van der Waals surface area contributed by atoms with Gasteiger partial charge in [-0.15, -0.1) is 11.3 Å². The predicted molar refractivity (Wildman–Crippen MR) is 135 cm³/mol. The summed E-state index contributed by atoms with van der Waals surface area (Å²) in [6, 6.07) is 21.7. The fourth-order valence-corrected chi connectivity index (χ4v) is 6.05. The number of likely N-dealkylation sites (tertiary alicyclic amines) is 1. The Balaban J connectivity index is 1.20. The summed E-state index contributed by atoms with van der Waals surface area (Å²) in [5.41, 5.74) is 3.34. The number of piperazine rings is 1. The summed E-state index contributed by atoms with van der Waals surface area (Å²) in [4.78, 5) is 8.48. The van der Waals surface area contributed by atoms with Gasteiger partial charge >= 0.3 is 0 Å². The molecule has 0 N–H and O–H groups in total. The lowest BCUT2D eigenvalue weighted by Gasteiger charge is -2.37. The van der Waals surface area contributed by atoms with E-state index in [-0.39, 0.29) is 0 Å². The van der Waals surface area contributed by atoms with Crippen molar-refractivity contribution in [2.45, 2.75) is 25.3 Å². The van der Waals surface area contributed by atoms with Gasteiger partial charge in [0.1, 0.15) is 10.9 Å². The van der Waals surface area contributed by atoms with Crippen molar-refractivity contribution >= 4 is 27.1 Å². The standard InChI is InChI=1S/C27H29N5S/c28-19-21-3-5-22(6-4-21)26(32-10-1-2-11-32)9-12-30-13-15-31(16-14-30)24-7-8-27-23(17-24)18-25(20-29)33-27/h3-8,17-18,26H,1-2,9-16H2. The Labute approximate surface area is 200 Å². The van der Waals surface area contributed by atoms with Crippen LogP contribution in [-0.2, 0) is 0 Å². The minimum absolute atomic E-state index is 0.439. The van der Waals surface area contributed by atoms with Crippen LogP contribution >= 0.6 is 11.3 Å². The van der Waals surface area contributed by atoms with Crippen LogP contribution in [0.5, 0.6) is 0 Å². The zero-order chi connectivity index (χ0) is 22.6. The van der Waals surface area contributed by atoms with Crippen LogP contribution in [0.2, 0.25) is 0 Å². The number of fused-ring (bicyclic) bond motifs is 1. The molecule has 0 saturated carbocycles. The molecule has 0 radical (unpaired) electrons. The van der Waals surface area contributed by atoms with Gasteiger partial charge in [0.25, 0.3) is 0 Å². The lowest BCUT2D eigenvalue weighted by molar-refractivity contribution is 0.187. The molecular formula is C27H29N5S. The molecule has 0 spiro atoms. The zero-order valence-electron chi connectivity index (χ0n) is 18.9. The van der Waals surface area contributed by atoms with Crippen molar-refractivity contribution in [3.8, 4) is 12.1 Å². The quantitative estimate of drug-likeness (QED) is 0.524. The summed E-state index contributed by atoms with van der Waals surface area (Å²) in [5.74, 6) is 0. The van der Waals surface area contributed by atoms with E-state index in [9.17, 15) is 0 Å². The second-order valence-corrected chi connectivity index (χ2v) is 10.1. The summed E-state index contributed by atoms with van der Waals surface area (Å²) < 4.78 is 1.18. The van der Waals surface area contributed by atoms with E-state index in [4.69, 9.17) is 10.5 Å². The minimum atomic E-state index is 0.439. The van der Waals surface area contributed by atoms with E-state index in [0.717, 1.165) is 49.6 Å². The van der Waals surface area contributed by atoms with Crippen LogP contribution in [0, 0.1) is 22.7 Å². The Morgan fingerprint density at radius 3 is 2.30 bits per heavy atom. The van der Waals surface area contributed by atoms with Gasteiger partial charge in [-0.1, -0.05) is 12.1 Å². The van der Waals surface area contributed by atoms with E-state index in [1.54, 1.807) is 11.3 Å². The maximum absolute atomic E-state index is 9.17. The Morgan fingerprint density at radius 1 is 0.848 bits per heavy atom. The molecule has 0 amide bonds. The van der Waals surface area contributed by atoms with Crippen LogP contribution in [0.4, 0.5) is 5.69 Å². The first-order valence-electron chi connectivity index (χ1n) is 11.9. The Kier molecular flexibility index (Phi) is 6.60. The average molecular weight is 456 g/mol. The molecule has 1 atom stereocenters. The highest BCUT2D eigenvalue weighted by Gasteiger charge is 2.25. The third-order valence-corrected chi connectivity index (χ3v) is 8.09. The van der Waals surface area contributed by atoms with Crippen molar-refractivity contribution in [3.05, 3.63) is 64.5 Å². The van der Waals surface area contributed by atoms with Crippen LogP contribution in [0.15, 0.2) is 48.5 Å². The van der Waals surface area contributed by atoms with Crippen LogP contribution < -0.4 is 4.90 Å². The van der Waals surface area contributed by atoms with Gasteiger partial charge in [0, 0.05) is 49.2 Å². The molecular weight excluding hydrogens is 426 g/mol. The normalized spacial score (nSPS) is 18.3. The number of anilines is 1. The second-order valence-electron chi connectivity index (χ2n) is 9.05. The highest BCUT2D eigenvalue weighted by Crippen LogP contribution is 2.31. The molecule has 3 heterocycles. The number of hydrogen-bond acceptors (Lipinski definition) is 6. The van der Waals surface area contributed by atoms with Gasteiger partial charge in [0.05, 0.1) is 11.6 Å². The number of nitrogens with zero attached hydrogens (tertiary/aromatic N) is 5. The van der Waals surface area contributed by atoms with Gasteiger partial charge in [0.15, 0.2) is 0 Å². The van der Waals surface area contributed by atoms with E-state index < -0.39 is 0 Å². The van der Waals surface area contributed by atoms with Crippen molar-refractivity contribution < 1.29 is 0 Å². The highest BCUT2D eigenvalue weighted by molar-refractivity contribution is 7.19. The average Bonchev–Trinajstić information content (AvgIpc) is 3.54. The molecule has 2 aromatic carbocycles. The molecule has 2 aliphatic heterocycles. The molecule has 1 unspecified atom stereocenters. The van der Waals surface area contributed by atoms with Crippen LogP contribution in [0.3, 0.4) is 0 Å². The molecule has 6 heteroatoms. The first-order valence-corrected chi connectivity index (χ1v) is 12.7. The maximum atomic E-state index is 9.17. The summed E-state index contributed by atoms with van der Waals surface area (Å²) in [5, 5.41) is 19.5. The first kappa shape index (κ1) is 21.9. The molecule has 5 nitrogen and oxygen atoms in total. The van der Waals surface area contributed by atoms with Crippen LogP contribution in [0.1, 0.15) is 41.3 Å². The van der Waals surface area contributed by atoms with Crippen LogP contribution in [-0.4, -0.2) is 55.6 Å². The van der Waals surface area contributed by atoms with Gasteiger partial charge in [-0.25, -0.2) is 0 Å². The highest BCUT2D eigenvalue weighted by atomic mass is 32.1. The van der Waals surface area contributed by atoms with Gasteiger partial charge in [-0.2, -0.15) is 10.5 Å². The second kappa shape index (κ2) is 9.93. The van der Waals surface area contributed by atoms with Gasteiger partial charge in [-0.05, 0) is 79.7 Å². The molecule has 0 bridgehead atoms. The van der Waals surface area contributed by atoms with Crippen molar-refractivity contribution in [2.24, 2.45) is 0 Å². The van der Waals surface area contributed by atoms with Crippen molar-refractivity contribution in [3.63, 3.8) is 0 Å². The molecule has 5 rings (SSSR count). The largest absolute Gasteiger partial charge is 0.369 e. The van der Waals surface area contributed by atoms with E-state index in [1.807, 2.05) is 18.2 Å². The SMILES string of the molecule is N#Cc1ccc(C(CCN2CCN(c3ccc4sc(C#N)cc4c3)CC2)N2CCCC2)cc1. The van der Waals surface area contributed by atoms with Gasteiger partial charge in [0.2, 0.25) is 0 Å². The summed E-state index contributed by atoms with van der Waals surface area (Å²) in [6.07, 6.45) is 3.70. The Hall–Kier alpha value is -2.90. The third kappa shape index (κ3) is 4.89. The lowest BCUT2D eigenvalue weighted by Crippen LogP contribution is -2.47. The summed E-state index contributed by atoms with van der Waals surface area (Å²) >= 11 is 1.57. The summed E-state index contributed by atoms with van der Waals surface area (Å²) in [7, 11) is 0. The van der Waals surface area contributed by atoms with Crippen molar-refractivity contribution in [2.75, 3.05) is 50.7 Å². The number of hydrogen-bond donors (Lipinski definition) is 0. The number of rotatable bonds is 6. The third-order valence-electron chi connectivity index (χ3n) is 7.07. The summed E-state index contributed by atoms with van der Waals surface area (Å²) in [6.45, 7) is 7.67. The molecule has 33 heavy (non-hydrogen) atoms. The Bertz CT molecular complexity index is 1170. The van der Waals surface area contributed by atoms with Crippen molar-refractivity contribution in [1.29, 1.82) is 10.5 Å².